The number of carbonyl (C=O) groups is 1. The fraction of sp³-hybridized carbons (Fsp3) is 0.125. The molecule has 1 N–H and O–H groups in total. The minimum atomic E-state index is -3.59. The zero-order valence-electron chi connectivity index (χ0n) is 12.3. The molecule has 0 fully saturated rings. The van der Waals surface area contributed by atoms with E-state index in [-0.39, 0.29) is 9.79 Å². The molecule has 1 amide bonds. The van der Waals surface area contributed by atoms with Crippen molar-refractivity contribution in [2.45, 2.75) is 16.2 Å². The SMILES string of the molecule is COC(=O)NC1=Nc2cc(S(=O)(=O)c3ccccc3)ccc2C1. The Morgan fingerprint density at radius 1 is 1.13 bits per heavy atom. The molecule has 2 aromatic rings. The van der Waals surface area contributed by atoms with E-state index in [0.29, 0.717) is 17.9 Å². The van der Waals surface area contributed by atoms with Gasteiger partial charge in [0.1, 0.15) is 5.84 Å². The van der Waals surface area contributed by atoms with Crippen LogP contribution in [0.4, 0.5) is 10.5 Å². The van der Waals surface area contributed by atoms with E-state index in [1.807, 2.05) is 0 Å². The number of ether oxygens (including phenoxy) is 1. The lowest BCUT2D eigenvalue weighted by Gasteiger charge is -2.05. The summed E-state index contributed by atoms with van der Waals surface area (Å²) >= 11 is 0. The molecule has 0 spiro atoms. The third kappa shape index (κ3) is 2.95. The van der Waals surface area contributed by atoms with Crippen LogP contribution in [0, 0.1) is 0 Å². The number of sulfone groups is 1. The lowest BCUT2D eigenvalue weighted by atomic mass is 10.1. The molecule has 0 unspecified atom stereocenters. The fourth-order valence-electron chi connectivity index (χ4n) is 2.31. The molecule has 0 bridgehead atoms. The predicted molar refractivity (Wildman–Crippen MR) is 84.7 cm³/mol. The van der Waals surface area contributed by atoms with Crippen LogP contribution in [0.2, 0.25) is 0 Å². The first-order valence-corrected chi connectivity index (χ1v) is 8.34. The normalized spacial score (nSPS) is 13.2. The van der Waals surface area contributed by atoms with Gasteiger partial charge in [-0.25, -0.2) is 18.2 Å². The Kier molecular flexibility index (Phi) is 3.87. The Morgan fingerprint density at radius 3 is 2.57 bits per heavy atom. The highest BCUT2D eigenvalue weighted by atomic mass is 32.2. The number of alkyl carbamates (subject to hydrolysis) is 1. The summed E-state index contributed by atoms with van der Waals surface area (Å²) in [7, 11) is -2.32. The smallest absolute Gasteiger partial charge is 0.412 e. The van der Waals surface area contributed by atoms with Gasteiger partial charge in [-0.05, 0) is 29.8 Å². The van der Waals surface area contributed by atoms with Crippen molar-refractivity contribution in [2.75, 3.05) is 7.11 Å². The number of carbonyl (C=O) groups excluding carboxylic acids is 1. The maximum atomic E-state index is 12.6. The van der Waals surface area contributed by atoms with Crippen LogP contribution in [-0.2, 0) is 21.0 Å². The molecule has 3 rings (SSSR count). The highest BCUT2D eigenvalue weighted by Crippen LogP contribution is 2.31. The van der Waals surface area contributed by atoms with E-state index in [2.05, 4.69) is 15.0 Å². The summed E-state index contributed by atoms with van der Waals surface area (Å²) in [4.78, 5) is 15.9. The second kappa shape index (κ2) is 5.85. The van der Waals surface area contributed by atoms with Crippen LogP contribution in [0.25, 0.3) is 0 Å². The molecule has 118 valence electrons. The van der Waals surface area contributed by atoms with Crippen LogP contribution < -0.4 is 5.32 Å². The largest absolute Gasteiger partial charge is 0.453 e. The van der Waals surface area contributed by atoms with Gasteiger partial charge in [0.05, 0.1) is 22.6 Å². The maximum absolute atomic E-state index is 12.6. The van der Waals surface area contributed by atoms with Gasteiger partial charge in [-0.3, -0.25) is 5.32 Å². The third-order valence-electron chi connectivity index (χ3n) is 3.47. The number of aliphatic imine (C=N–C) groups is 1. The lowest BCUT2D eigenvalue weighted by Crippen LogP contribution is -2.30. The molecular weight excluding hydrogens is 316 g/mol. The summed E-state index contributed by atoms with van der Waals surface area (Å²) < 4.78 is 29.7. The zero-order chi connectivity index (χ0) is 16.4. The summed E-state index contributed by atoms with van der Waals surface area (Å²) in [6.07, 6.45) is -0.176. The number of benzene rings is 2. The van der Waals surface area contributed by atoms with Crippen molar-refractivity contribution in [3.05, 3.63) is 54.1 Å². The van der Waals surface area contributed by atoms with Crippen LogP contribution in [0.3, 0.4) is 0 Å². The van der Waals surface area contributed by atoms with E-state index in [1.54, 1.807) is 42.5 Å². The van der Waals surface area contributed by atoms with E-state index in [9.17, 15) is 13.2 Å². The van der Waals surface area contributed by atoms with E-state index >= 15 is 0 Å². The molecule has 1 heterocycles. The number of fused-ring (bicyclic) bond motifs is 1. The zero-order valence-corrected chi connectivity index (χ0v) is 13.1. The summed E-state index contributed by atoms with van der Waals surface area (Å²) in [5.41, 5.74) is 1.39. The number of amidine groups is 1. The second-order valence-electron chi connectivity index (χ2n) is 4.96. The number of nitrogens with zero attached hydrogens (tertiary/aromatic N) is 1. The Morgan fingerprint density at radius 2 is 1.87 bits per heavy atom. The Balaban J connectivity index is 1.94. The van der Waals surface area contributed by atoms with Crippen LogP contribution in [0.15, 0.2) is 63.3 Å². The minimum absolute atomic E-state index is 0.172. The van der Waals surface area contributed by atoms with Crippen LogP contribution in [0.5, 0.6) is 0 Å². The van der Waals surface area contributed by atoms with Crippen molar-refractivity contribution in [1.82, 2.24) is 5.32 Å². The number of hydrogen-bond donors (Lipinski definition) is 1. The Hall–Kier alpha value is -2.67. The van der Waals surface area contributed by atoms with Gasteiger partial charge in [-0.2, -0.15) is 0 Å². The first-order chi connectivity index (χ1) is 11.0. The number of nitrogens with one attached hydrogen (secondary N) is 1. The minimum Gasteiger partial charge on any atom is -0.453 e. The van der Waals surface area contributed by atoms with Gasteiger partial charge in [0.15, 0.2) is 0 Å². The molecule has 0 saturated heterocycles. The van der Waals surface area contributed by atoms with Gasteiger partial charge in [-0.1, -0.05) is 24.3 Å². The van der Waals surface area contributed by atoms with Gasteiger partial charge in [0.2, 0.25) is 9.84 Å². The van der Waals surface area contributed by atoms with Crippen molar-refractivity contribution < 1.29 is 17.9 Å². The van der Waals surface area contributed by atoms with E-state index in [4.69, 9.17) is 0 Å². The predicted octanol–water partition coefficient (Wildman–Crippen LogP) is 2.46. The monoisotopic (exact) mass is 330 g/mol. The molecular formula is C16H14N2O4S. The van der Waals surface area contributed by atoms with Gasteiger partial charge in [0, 0.05) is 6.42 Å². The molecule has 0 atom stereocenters. The molecule has 0 radical (unpaired) electrons. The molecule has 1 aliphatic heterocycles. The molecule has 2 aromatic carbocycles. The number of rotatable bonds is 2. The quantitative estimate of drug-likeness (QED) is 0.916. The van der Waals surface area contributed by atoms with Crippen LogP contribution in [-0.4, -0.2) is 27.5 Å². The number of amides is 1. The maximum Gasteiger partial charge on any atom is 0.412 e. The molecule has 0 aromatic heterocycles. The second-order valence-corrected chi connectivity index (χ2v) is 6.91. The van der Waals surface area contributed by atoms with Crippen molar-refractivity contribution in [3.63, 3.8) is 0 Å². The summed E-state index contributed by atoms with van der Waals surface area (Å²) in [6, 6.07) is 13.0. The molecule has 0 saturated carbocycles. The highest BCUT2D eigenvalue weighted by molar-refractivity contribution is 7.91. The van der Waals surface area contributed by atoms with Crippen LogP contribution >= 0.6 is 0 Å². The van der Waals surface area contributed by atoms with Gasteiger partial charge < -0.3 is 4.74 Å². The van der Waals surface area contributed by atoms with Gasteiger partial charge in [-0.15, -0.1) is 0 Å². The standard InChI is InChI=1S/C16H14N2O4S/c1-22-16(19)18-15-9-11-7-8-13(10-14(11)17-15)23(20,21)12-5-3-2-4-6-12/h2-8,10H,9H2,1H3,(H,17,18,19). The molecule has 7 heteroatoms. The molecule has 0 aliphatic carbocycles. The summed E-state index contributed by atoms with van der Waals surface area (Å²) in [5.74, 6) is 0.432. The topological polar surface area (TPSA) is 84.8 Å². The molecule has 23 heavy (non-hydrogen) atoms. The first-order valence-electron chi connectivity index (χ1n) is 6.86. The number of hydrogen-bond acceptors (Lipinski definition) is 5. The number of methoxy groups -OCH3 is 1. The van der Waals surface area contributed by atoms with Crippen LogP contribution in [0.1, 0.15) is 5.56 Å². The van der Waals surface area contributed by atoms with Crippen molar-refractivity contribution in [1.29, 1.82) is 0 Å². The van der Waals surface area contributed by atoms with E-state index in [1.165, 1.54) is 13.2 Å². The Bertz CT molecular complexity index is 890. The van der Waals surface area contributed by atoms with Gasteiger partial charge >= 0.3 is 6.09 Å². The van der Waals surface area contributed by atoms with Crippen molar-refractivity contribution in [2.24, 2.45) is 4.99 Å². The van der Waals surface area contributed by atoms with E-state index < -0.39 is 15.9 Å². The Labute approximate surface area is 133 Å². The first kappa shape index (κ1) is 15.2. The molecule has 6 nitrogen and oxygen atoms in total. The van der Waals surface area contributed by atoms with E-state index in [0.717, 1.165) is 5.56 Å². The van der Waals surface area contributed by atoms with Gasteiger partial charge in [0.25, 0.3) is 0 Å². The lowest BCUT2D eigenvalue weighted by molar-refractivity contribution is 0.176. The average molecular weight is 330 g/mol. The highest BCUT2D eigenvalue weighted by Gasteiger charge is 2.22. The summed E-state index contributed by atoms with van der Waals surface area (Å²) in [5, 5.41) is 2.50. The molecule has 1 aliphatic rings. The van der Waals surface area contributed by atoms with Crippen molar-refractivity contribution in [3.8, 4) is 0 Å². The fourth-order valence-corrected chi connectivity index (χ4v) is 3.61. The average Bonchev–Trinajstić information content (AvgIpc) is 2.96. The summed E-state index contributed by atoms with van der Waals surface area (Å²) in [6.45, 7) is 0. The third-order valence-corrected chi connectivity index (χ3v) is 5.23. The van der Waals surface area contributed by atoms with Crippen molar-refractivity contribution >= 4 is 27.5 Å².